The first-order valence-electron chi connectivity index (χ1n) is 5.76. The van der Waals surface area contributed by atoms with E-state index in [1.165, 1.54) is 0 Å². The first-order chi connectivity index (χ1) is 7.63. The second-order valence-corrected chi connectivity index (χ2v) is 5.30. The third-order valence-electron chi connectivity index (χ3n) is 2.96. The van der Waals surface area contributed by atoms with E-state index in [4.69, 9.17) is 0 Å². The predicted molar refractivity (Wildman–Crippen MR) is 67.5 cm³/mol. The zero-order valence-electron chi connectivity index (χ0n) is 9.74. The van der Waals surface area contributed by atoms with Crippen molar-refractivity contribution in [3.05, 3.63) is 22.4 Å². The number of aryl methyl sites for hydroxylation is 1. The van der Waals surface area contributed by atoms with Crippen molar-refractivity contribution in [2.45, 2.75) is 38.8 Å². The van der Waals surface area contributed by atoms with Crippen LogP contribution in [0.4, 0.5) is 0 Å². The number of hydrogen-bond acceptors (Lipinski definition) is 1. The molecule has 1 saturated carbocycles. The van der Waals surface area contributed by atoms with Crippen molar-refractivity contribution in [2.75, 3.05) is 7.05 Å². The molecule has 4 heteroatoms. The molecule has 0 atom stereocenters. The summed E-state index contributed by atoms with van der Waals surface area (Å²) in [4.78, 5) is 14.1. The maximum atomic E-state index is 12.2. The molecule has 1 aliphatic carbocycles. The summed E-state index contributed by atoms with van der Waals surface area (Å²) < 4.78 is 3.01. The molecular weight excluding hydrogens is 268 g/mol. The first-order valence-corrected chi connectivity index (χ1v) is 6.55. The minimum absolute atomic E-state index is 0.140. The summed E-state index contributed by atoms with van der Waals surface area (Å²) >= 11 is 3.43. The lowest BCUT2D eigenvalue weighted by Crippen LogP contribution is -2.30. The lowest BCUT2D eigenvalue weighted by molar-refractivity contribution is 0.0774. The van der Waals surface area contributed by atoms with Gasteiger partial charge in [-0.05, 0) is 41.3 Å². The normalized spacial score (nSPS) is 15.2. The fourth-order valence-corrected chi connectivity index (χ4v) is 2.35. The minimum atomic E-state index is 0.140. The third-order valence-corrected chi connectivity index (χ3v) is 3.40. The van der Waals surface area contributed by atoms with Crippen molar-refractivity contribution < 1.29 is 4.79 Å². The van der Waals surface area contributed by atoms with E-state index >= 15 is 0 Å². The maximum absolute atomic E-state index is 12.2. The molecule has 1 aromatic heterocycles. The third kappa shape index (κ3) is 2.32. The van der Waals surface area contributed by atoms with Gasteiger partial charge in [0.05, 0.1) is 0 Å². The molecule has 1 amide bonds. The summed E-state index contributed by atoms with van der Waals surface area (Å²) in [6, 6.07) is 2.38. The van der Waals surface area contributed by atoms with Gasteiger partial charge in [0, 0.05) is 30.3 Å². The Kier molecular flexibility index (Phi) is 3.38. The molecule has 0 aliphatic heterocycles. The molecule has 0 spiro atoms. The molecule has 0 radical (unpaired) electrons. The van der Waals surface area contributed by atoms with Crippen LogP contribution in [0.3, 0.4) is 0 Å². The summed E-state index contributed by atoms with van der Waals surface area (Å²) in [5.41, 5.74) is 0.795. The number of halogens is 1. The van der Waals surface area contributed by atoms with Crippen LogP contribution in [0.5, 0.6) is 0 Å². The lowest BCUT2D eigenvalue weighted by atomic mass is 10.3. The Morgan fingerprint density at radius 1 is 1.62 bits per heavy atom. The molecule has 1 aliphatic rings. The van der Waals surface area contributed by atoms with E-state index in [0.717, 1.165) is 36.0 Å². The van der Waals surface area contributed by atoms with E-state index in [0.29, 0.717) is 6.04 Å². The second-order valence-electron chi connectivity index (χ2n) is 4.38. The second kappa shape index (κ2) is 4.62. The van der Waals surface area contributed by atoms with Gasteiger partial charge in [0.15, 0.2) is 0 Å². The van der Waals surface area contributed by atoms with E-state index in [2.05, 4.69) is 22.9 Å². The number of nitrogens with zero attached hydrogens (tertiary/aromatic N) is 2. The molecule has 1 fully saturated rings. The van der Waals surface area contributed by atoms with Crippen molar-refractivity contribution in [3.8, 4) is 0 Å². The Balaban J connectivity index is 2.20. The van der Waals surface area contributed by atoms with Crippen LogP contribution in [-0.4, -0.2) is 28.5 Å². The Bertz CT molecular complexity index is 396. The minimum Gasteiger partial charge on any atom is -0.342 e. The molecule has 1 heterocycles. The molecule has 3 nitrogen and oxygen atoms in total. The topological polar surface area (TPSA) is 25.2 Å². The van der Waals surface area contributed by atoms with E-state index < -0.39 is 0 Å². The molecule has 0 unspecified atom stereocenters. The number of aromatic nitrogens is 1. The molecule has 0 saturated heterocycles. The number of hydrogen-bond donors (Lipinski definition) is 0. The van der Waals surface area contributed by atoms with Crippen molar-refractivity contribution in [1.29, 1.82) is 0 Å². The van der Waals surface area contributed by atoms with Crippen molar-refractivity contribution in [1.82, 2.24) is 9.47 Å². The van der Waals surface area contributed by atoms with Crippen LogP contribution in [-0.2, 0) is 6.54 Å². The Hall–Kier alpha value is -0.770. The van der Waals surface area contributed by atoms with Gasteiger partial charge in [-0.1, -0.05) is 6.92 Å². The monoisotopic (exact) mass is 284 g/mol. The standard InChI is InChI=1S/C12H17BrN2O/c1-3-6-15-8-9(13)7-11(15)12(16)14(2)10-4-5-10/h7-8,10H,3-6H2,1-2H3. The number of rotatable bonds is 4. The van der Waals surface area contributed by atoms with E-state index in [1.54, 1.807) is 0 Å². The van der Waals surface area contributed by atoms with Crippen LogP contribution in [0, 0.1) is 0 Å². The lowest BCUT2D eigenvalue weighted by Gasteiger charge is -2.17. The molecule has 0 bridgehead atoms. The van der Waals surface area contributed by atoms with Crippen LogP contribution in [0.2, 0.25) is 0 Å². The van der Waals surface area contributed by atoms with Gasteiger partial charge in [-0.15, -0.1) is 0 Å². The first kappa shape index (κ1) is 11.7. The van der Waals surface area contributed by atoms with E-state index in [9.17, 15) is 4.79 Å². The molecular formula is C12H17BrN2O. The summed E-state index contributed by atoms with van der Waals surface area (Å²) in [6.45, 7) is 3.01. The molecule has 88 valence electrons. The Morgan fingerprint density at radius 3 is 2.88 bits per heavy atom. The summed E-state index contributed by atoms with van der Waals surface area (Å²) in [6.07, 6.45) is 5.32. The highest BCUT2D eigenvalue weighted by Gasteiger charge is 2.31. The summed E-state index contributed by atoms with van der Waals surface area (Å²) in [7, 11) is 1.90. The predicted octanol–water partition coefficient (Wildman–Crippen LogP) is 2.90. The number of carbonyl (C=O) groups excluding carboxylic acids is 1. The van der Waals surface area contributed by atoms with Crippen molar-refractivity contribution in [2.24, 2.45) is 0 Å². The van der Waals surface area contributed by atoms with E-state index in [-0.39, 0.29) is 5.91 Å². The van der Waals surface area contributed by atoms with Gasteiger partial charge in [-0.25, -0.2) is 0 Å². The van der Waals surface area contributed by atoms with Crippen LogP contribution >= 0.6 is 15.9 Å². The Labute approximate surface area is 105 Å². The summed E-state index contributed by atoms with van der Waals surface area (Å²) in [5, 5.41) is 0. The fourth-order valence-electron chi connectivity index (χ4n) is 1.89. The van der Waals surface area contributed by atoms with Crippen LogP contribution in [0.15, 0.2) is 16.7 Å². The Morgan fingerprint density at radius 2 is 2.31 bits per heavy atom. The largest absolute Gasteiger partial charge is 0.342 e. The quantitative estimate of drug-likeness (QED) is 0.835. The zero-order valence-corrected chi connectivity index (χ0v) is 11.3. The molecule has 0 N–H and O–H groups in total. The van der Waals surface area contributed by atoms with Gasteiger partial charge in [0.25, 0.3) is 5.91 Å². The smallest absolute Gasteiger partial charge is 0.270 e. The number of carbonyl (C=O) groups is 1. The van der Waals surface area contributed by atoms with Crippen LogP contribution in [0.1, 0.15) is 36.7 Å². The molecule has 0 aromatic carbocycles. The van der Waals surface area contributed by atoms with Gasteiger partial charge in [-0.2, -0.15) is 0 Å². The van der Waals surface area contributed by atoms with Gasteiger partial charge in [-0.3, -0.25) is 4.79 Å². The average molecular weight is 285 g/mol. The van der Waals surface area contributed by atoms with Crippen LogP contribution < -0.4 is 0 Å². The highest BCUT2D eigenvalue weighted by atomic mass is 79.9. The van der Waals surface area contributed by atoms with Crippen LogP contribution in [0.25, 0.3) is 0 Å². The van der Waals surface area contributed by atoms with Crippen molar-refractivity contribution in [3.63, 3.8) is 0 Å². The maximum Gasteiger partial charge on any atom is 0.270 e. The summed E-state index contributed by atoms with van der Waals surface area (Å²) in [5.74, 6) is 0.140. The van der Waals surface area contributed by atoms with E-state index in [1.807, 2.05) is 28.8 Å². The van der Waals surface area contributed by atoms with Gasteiger partial charge >= 0.3 is 0 Å². The van der Waals surface area contributed by atoms with Gasteiger partial charge < -0.3 is 9.47 Å². The molecule has 16 heavy (non-hydrogen) atoms. The van der Waals surface area contributed by atoms with Gasteiger partial charge in [0.1, 0.15) is 5.69 Å². The highest BCUT2D eigenvalue weighted by molar-refractivity contribution is 9.10. The SMILES string of the molecule is CCCn1cc(Br)cc1C(=O)N(C)C1CC1. The molecule has 1 aromatic rings. The zero-order chi connectivity index (χ0) is 11.7. The highest BCUT2D eigenvalue weighted by Crippen LogP contribution is 2.27. The average Bonchev–Trinajstić information content (AvgIpc) is 3.02. The number of amides is 1. The van der Waals surface area contributed by atoms with Gasteiger partial charge in [0.2, 0.25) is 0 Å². The fraction of sp³-hybridized carbons (Fsp3) is 0.583. The van der Waals surface area contributed by atoms with Crippen molar-refractivity contribution >= 4 is 21.8 Å². The molecule has 2 rings (SSSR count).